The first-order valence-electron chi connectivity index (χ1n) is 11.9. The third-order valence-corrected chi connectivity index (χ3v) is 7.33. The average Bonchev–Trinajstić information content (AvgIpc) is 3.47. The lowest BCUT2D eigenvalue weighted by atomic mass is 9.86. The number of methoxy groups -OCH3 is 1. The van der Waals surface area contributed by atoms with Crippen molar-refractivity contribution in [1.29, 1.82) is 0 Å². The standard InChI is InChI=1S/C26H26N2O7/c1-3-26(31)18-9-20-23-16(11-28(20)24(29)17(18)12-33-25(26)30)14(6-4-5-7-32-2)15-8-21-22(35-13-34-21)10-19(15)27-23/h8-10,31H,3-7,11-13H2,1-2H3/t26-/m0/s1. The van der Waals surface area contributed by atoms with E-state index in [1.807, 2.05) is 12.1 Å². The molecule has 0 spiro atoms. The van der Waals surface area contributed by atoms with E-state index in [-0.39, 0.29) is 25.4 Å². The third kappa shape index (κ3) is 3.18. The van der Waals surface area contributed by atoms with Gasteiger partial charge in [-0.25, -0.2) is 9.78 Å². The Morgan fingerprint density at radius 1 is 1.11 bits per heavy atom. The van der Waals surface area contributed by atoms with E-state index in [1.165, 1.54) is 0 Å². The summed E-state index contributed by atoms with van der Waals surface area (Å²) in [7, 11) is 1.69. The second-order valence-electron chi connectivity index (χ2n) is 9.19. The molecule has 6 rings (SSSR count). The number of cyclic esters (lactones) is 1. The Balaban J connectivity index is 1.57. The molecule has 35 heavy (non-hydrogen) atoms. The van der Waals surface area contributed by atoms with Gasteiger partial charge in [0.25, 0.3) is 5.56 Å². The minimum Gasteiger partial charge on any atom is -0.458 e. The zero-order valence-corrected chi connectivity index (χ0v) is 19.7. The number of rotatable bonds is 6. The van der Waals surface area contributed by atoms with Crippen LogP contribution in [-0.4, -0.2) is 41.1 Å². The maximum Gasteiger partial charge on any atom is 0.343 e. The highest BCUT2D eigenvalue weighted by Gasteiger charge is 2.45. The maximum absolute atomic E-state index is 13.5. The van der Waals surface area contributed by atoms with Crippen molar-refractivity contribution in [2.75, 3.05) is 20.5 Å². The molecule has 2 aromatic heterocycles. The van der Waals surface area contributed by atoms with E-state index >= 15 is 0 Å². The fraction of sp³-hybridized carbons (Fsp3) is 0.423. The zero-order valence-electron chi connectivity index (χ0n) is 19.7. The second kappa shape index (κ2) is 8.07. The maximum atomic E-state index is 13.5. The summed E-state index contributed by atoms with van der Waals surface area (Å²) in [5, 5.41) is 12.1. The number of aliphatic hydroxyl groups is 1. The molecule has 1 aromatic carbocycles. The van der Waals surface area contributed by atoms with Crippen molar-refractivity contribution in [3.63, 3.8) is 0 Å². The van der Waals surface area contributed by atoms with E-state index in [1.54, 1.807) is 24.7 Å². The van der Waals surface area contributed by atoms with Gasteiger partial charge in [-0.3, -0.25) is 4.79 Å². The van der Waals surface area contributed by atoms with Gasteiger partial charge in [0, 0.05) is 36.3 Å². The Morgan fingerprint density at radius 3 is 2.69 bits per heavy atom. The van der Waals surface area contributed by atoms with Crippen molar-refractivity contribution in [2.24, 2.45) is 0 Å². The first-order valence-corrected chi connectivity index (χ1v) is 11.9. The summed E-state index contributed by atoms with van der Waals surface area (Å²) < 4.78 is 23.3. The molecule has 3 aromatic rings. The molecule has 1 atom stereocenters. The van der Waals surface area contributed by atoms with Crippen molar-refractivity contribution >= 4 is 16.9 Å². The largest absolute Gasteiger partial charge is 0.458 e. The molecule has 182 valence electrons. The van der Waals surface area contributed by atoms with Crippen LogP contribution >= 0.6 is 0 Å². The number of esters is 1. The topological polar surface area (TPSA) is 109 Å². The van der Waals surface area contributed by atoms with Gasteiger partial charge >= 0.3 is 5.97 Å². The predicted molar refractivity (Wildman–Crippen MR) is 125 cm³/mol. The van der Waals surface area contributed by atoms with Gasteiger partial charge in [-0.05, 0) is 43.4 Å². The van der Waals surface area contributed by atoms with Gasteiger partial charge in [-0.2, -0.15) is 0 Å². The lowest BCUT2D eigenvalue weighted by Gasteiger charge is -2.31. The van der Waals surface area contributed by atoms with Crippen molar-refractivity contribution in [3.05, 3.63) is 50.8 Å². The van der Waals surface area contributed by atoms with Crippen molar-refractivity contribution < 1.29 is 28.8 Å². The molecular weight excluding hydrogens is 452 g/mol. The van der Waals surface area contributed by atoms with Gasteiger partial charge in [0.2, 0.25) is 6.79 Å². The van der Waals surface area contributed by atoms with Gasteiger partial charge in [0.05, 0.1) is 29.0 Å². The summed E-state index contributed by atoms with van der Waals surface area (Å²) in [4.78, 5) is 30.9. The van der Waals surface area contributed by atoms with Crippen LogP contribution in [0, 0.1) is 0 Å². The fourth-order valence-corrected chi connectivity index (χ4v) is 5.39. The van der Waals surface area contributed by atoms with Crippen molar-refractivity contribution in [3.8, 4) is 22.9 Å². The summed E-state index contributed by atoms with van der Waals surface area (Å²) in [5.41, 5.74) is 2.64. The van der Waals surface area contributed by atoms with Crippen LogP contribution < -0.4 is 15.0 Å². The Kier molecular flexibility index (Phi) is 5.08. The Morgan fingerprint density at radius 2 is 1.91 bits per heavy atom. The molecule has 0 unspecified atom stereocenters. The number of fused-ring (bicyclic) bond motifs is 6. The number of unbranched alkanes of at least 4 members (excludes halogenated alkanes) is 1. The second-order valence-corrected chi connectivity index (χ2v) is 9.19. The van der Waals surface area contributed by atoms with Crippen molar-refractivity contribution in [1.82, 2.24) is 9.55 Å². The summed E-state index contributed by atoms with van der Waals surface area (Å²) in [6.45, 7) is 2.76. The van der Waals surface area contributed by atoms with E-state index in [2.05, 4.69) is 0 Å². The van der Waals surface area contributed by atoms with Crippen LogP contribution in [0.3, 0.4) is 0 Å². The molecule has 3 aliphatic heterocycles. The number of hydrogen-bond donors (Lipinski definition) is 1. The molecular formula is C26H26N2O7. The Labute approximate surface area is 201 Å². The number of ether oxygens (including phenoxy) is 4. The van der Waals surface area contributed by atoms with Crippen LogP contribution in [0.1, 0.15) is 48.4 Å². The number of hydrogen-bond acceptors (Lipinski definition) is 8. The third-order valence-electron chi connectivity index (χ3n) is 7.33. The minimum absolute atomic E-state index is 0.105. The van der Waals surface area contributed by atoms with Crippen LogP contribution in [-0.2, 0) is 39.4 Å². The predicted octanol–water partition coefficient (Wildman–Crippen LogP) is 2.78. The summed E-state index contributed by atoms with van der Waals surface area (Å²) in [6, 6.07) is 5.58. The smallest absolute Gasteiger partial charge is 0.343 e. The molecule has 0 amide bonds. The van der Waals surface area contributed by atoms with Gasteiger partial charge in [0.1, 0.15) is 6.61 Å². The molecule has 0 saturated carbocycles. The number of pyridine rings is 2. The van der Waals surface area contributed by atoms with Crippen LogP contribution in [0.5, 0.6) is 11.5 Å². The van der Waals surface area contributed by atoms with Crippen LogP contribution in [0.25, 0.3) is 22.3 Å². The van der Waals surface area contributed by atoms with E-state index in [4.69, 9.17) is 23.9 Å². The number of benzene rings is 1. The molecule has 3 aliphatic rings. The lowest BCUT2D eigenvalue weighted by Crippen LogP contribution is -2.44. The summed E-state index contributed by atoms with van der Waals surface area (Å²) in [6.07, 6.45) is 2.71. The first-order chi connectivity index (χ1) is 17.0. The molecule has 9 heteroatoms. The quantitative estimate of drug-likeness (QED) is 0.333. The monoisotopic (exact) mass is 478 g/mol. The van der Waals surface area contributed by atoms with Gasteiger partial charge in [0.15, 0.2) is 17.1 Å². The van der Waals surface area contributed by atoms with Crippen molar-refractivity contribution in [2.45, 2.75) is 51.4 Å². The first kappa shape index (κ1) is 22.1. The Bertz CT molecular complexity index is 1440. The lowest BCUT2D eigenvalue weighted by molar-refractivity contribution is -0.172. The summed E-state index contributed by atoms with van der Waals surface area (Å²) >= 11 is 0. The van der Waals surface area contributed by atoms with E-state index in [0.29, 0.717) is 47.2 Å². The highest BCUT2D eigenvalue weighted by Crippen LogP contribution is 2.43. The highest BCUT2D eigenvalue weighted by molar-refractivity contribution is 5.91. The zero-order chi connectivity index (χ0) is 24.3. The van der Waals surface area contributed by atoms with E-state index < -0.39 is 11.6 Å². The van der Waals surface area contributed by atoms with Gasteiger partial charge in [-0.1, -0.05) is 6.92 Å². The van der Waals surface area contributed by atoms with E-state index in [9.17, 15) is 14.7 Å². The fourth-order valence-electron chi connectivity index (χ4n) is 5.39. The SMILES string of the molecule is CC[C@@]1(O)C(=O)OCc2c1cc1n(c2=O)Cc2c-1nc1cc3c(cc1c2CCCCOC)OCO3. The molecule has 0 aliphatic carbocycles. The Hall–Kier alpha value is -3.43. The van der Waals surface area contributed by atoms with Crippen LogP contribution in [0.4, 0.5) is 0 Å². The molecule has 0 fully saturated rings. The molecule has 0 bridgehead atoms. The number of nitrogens with zero attached hydrogens (tertiary/aromatic N) is 2. The van der Waals surface area contributed by atoms with Crippen LogP contribution in [0.2, 0.25) is 0 Å². The molecule has 9 nitrogen and oxygen atoms in total. The molecule has 5 heterocycles. The van der Waals surface area contributed by atoms with Gasteiger partial charge in [-0.15, -0.1) is 0 Å². The summed E-state index contributed by atoms with van der Waals surface area (Å²) in [5.74, 6) is 0.594. The molecule has 0 saturated heterocycles. The molecule has 0 radical (unpaired) electrons. The number of aromatic nitrogens is 2. The minimum atomic E-state index is -1.85. The number of aryl methyl sites for hydroxylation is 1. The van der Waals surface area contributed by atoms with Gasteiger partial charge < -0.3 is 28.6 Å². The normalized spacial score (nSPS) is 19.5. The number of carbonyl (C=O) groups excluding carboxylic acids is 1. The van der Waals surface area contributed by atoms with E-state index in [0.717, 1.165) is 41.3 Å². The molecule has 1 N–H and O–H groups in total. The van der Waals surface area contributed by atoms with Crippen LogP contribution in [0.15, 0.2) is 23.0 Å². The highest BCUT2D eigenvalue weighted by atomic mass is 16.7. The number of carbonyl (C=O) groups is 1. The average molecular weight is 479 g/mol.